The van der Waals surface area contributed by atoms with Crippen LogP contribution < -0.4 is 5.76 Å². The second-order valence-corrected chi connectivity index (χ2v) is 3.91. The topological polar surface area (TPSA) is 82.7 Å². The van der Waals surface area contributed by atoms with E-state index in [1.807, 2.05) is 0 Å². The van der Waals surface area contributed by atoms with E-state index < -0.39 is 5.76 Å². The zero-order valence-corrected chi connectivity index (χ0v) is 9.57. The third kappa shape index (κ3) is 3.38. The van der Waals surface area contributed by atoms with Crippen molar-refractivity contribution in [3.8, 4) is 0 Å². The van der Waals surface area contributed by atoms with Crippen molar-refractivity contribution in [3.05, 3.63) is 52.1 Å². The van der Waals surface area contributed by atoms with Gasteiger partial charge in [-0.3, -0.25) is 0 Å². The number of nitrogens with one attached hydrogen (secondary N) is 2. The minimum Gasteiger partial charge on any atom is -0.392 e. The zero-order valence-electron chi connectivity index (χ0n) is 9.57. The van der Waals surface area contributed by atoms with Gasteiger partial charge in [0.2, 0.25) is 5.89 Å². The Bertz CT molecular complexity index is 586. The van der Waals surface area contributed by atoms with E-state index in [4.69, 9.17) is 9.83 Å². The Morgan fingerprint density at radius 1 is 1.39 bits per heavy atom. The standard InChI is InChI=1S/C12H12FN3O2/c13-9-4-1-8(2-5-9)3-6-10(14)7-11-15-16-12(17)18-11/h1-2,4-5,14H,3,6-7H2,(H,16,17). The monoisotopic (exact) mass is 249 g/mol. The summed E-state index contributed by atoms with van der Waals surface area (Å²) in [5.74, 6) is -0.674. The molecule has 18 heavy (non-hydrogen) atoms. The molecule has 6 heteroatoms. The summed E-state index contributed by atoms with van der Waals surface area (Å²) >= 11 is 0. The van der Waals surface area contributed by atoms with Crippen LogP contribution in [0.4, 0.5) is 4.39 Å². The van der Waals surface area contributed by atoms with E-state index in [1.54, 1.807) is 12.1 Å². The summed E-state index contributed by atoms with van der Waals surface area (Å²) in [5, 5.41) is 13.5. The summed E-state index contributed by atoms with van der Waals surface area (Å²) in [4.78, 5) is 10.7. The number of aromatic amines is 1. The van der Waals surface area contributed by atoms with E-state index >= 15 is 0 Å². The SMILES string of the molecule is N=C(CCc1ccc(F)cc1)Cc1n[nH]c(=O)o1. The van der Waals surface area contributed by atoms with Gasteiger partial charge in [0.1, 0.15) is 5.82 Å². The summed E-state index contributed by atoms with van der Waals surface area (Å²) < 4.78 is 17.4. The molecule has 0 aliphatic heterocycles. The van der Waals surface area contributed by atoms with Crippen molar-refractivity contribution in [2.75, 3.05) is 0 Å². The van der Waals surface area contributed by atoms with Crippen molar-refractivity contribution < 1.29 is 8.81 Å². The van der Waals surface area contributed by atoms with Crippen LogP contribution in [0.15, 0.2) is 33.5 Å². The van der Waals surface area contributed by atoms with Gasteiger partial charge in [0, 0.05) is 5.71 Å². The van der Waals surface area contributed by atoms with Crippen molar-refractivity contribution in [3.63, 3.8) is 0 Å². The second-order valence-electron chi connectivity index (χ2n) is 3.91. The molecule has 0 radical (unpaired) electrons. The minimum absolute atomic E-state index is 0.208. The van der Waals surface area contributed by atoms with Gasteiger partial charge in [0.05, 0.1) is 6.42 Å². The fourth-order valence-electron chi connectivity index (χ4n) is 1.55. The molecule has 0 bridgehead atoms. The first-order valence-electron chi connectivity index (χ1n) is 5.48. The maximum Gasteiger partial charge on any atom is 0.434 e. The summed E-state index contributed by atoms with van der Waals surface area (Å²) in [7, 11) is 0. The van der Waals surface area contributed by atoms with Crippen LogP contribution in [0.2, 0.25) is 0 Å². The molecule has 0 amide bonds. The van der Waals surface area contributed by atoms with E-state index in [2.05, 4.69) is 10.2 Å². The molecule has 1 heterocycles. The van der Waals surface area contributed by atoms with E-state index in [0.717, 1.165) is 5.56 Å². The first-order valence-corrected chi connectivity index (χ1v) is 5.48. The van der Waals surface area contributed by atoms with Gasteiger partial charge in [0.25, 0.3) is 0 Å². The highest BCUT2D eigenvalue weighted by Gasteiger charge is 2.06. The first-order chi connectivity index (χ1) is 8.63. The van der Waals surface area contributed by atoms with Crippen LogP contribution in [0.3, 0.4) is 0 Å². The highest BCUT2D eigenvalue weighted by molar-refractivity contribution is 5.82. The van der Waals surface area contributed by atoms with Gasteiger partial charge in [-0.05, 0) is 30.5 Å². The van der Waals surface area contributed by atoms with Gasteiger partial charge >= 0.3 is 5.76 Å². The summed E-state index contributed by atoms with van der Waals surface area (Å²) in [6.45, 7) is 0. The minimum atomic E-state index is -0.615. The number of hydrogen-bond acceptors (Lipinski definition) is 4. The zero-order chi connectivity index (χ0) is 13.0. The van der Waals surface area contributed by atoms with Gasteiger partial charge in [-0.25, -0.2) is 14.3 Å². The van der Waals surface area contributed by atoms with Crippen molar-refractivity contribution in [1.29, 1.82) is 5.41 Å². The van der Waals surface area contributed by atoms with Gasteiger partial charge in [-0.15, -0.1) is 5.10 Å². The molecule has 2 N–H and O–H groups in total. The lowest BCUT2D eigenvalue weighted by molar-refractivity contribution is 0.475. The molecule has 0 aliphatic carbocycles. The molecule has 0 saturated heterocycles. The normalized spacial score (nSPS) is 10.5. The maximum atomic E-state index is 12.7. The Labute approximate surface area is 102 Å². The predicted octanol–water partition coefficient (Wildman–Crippen LogP) is 1.70. The average Bonchev–Trinajstić information content (AvgIpc) is 2.74. The van der Waals surface area contributed by atoms with E-state index in [9.17, 15) is 9.18 Å². The average molecular weight is 249 g/mol. The number of nitrogens with zero attached hydrogens (tertiary/aromatic N) is 1. The third-order valence-corrected chi connectivity index (χ3v) is 2.48. The van der Waals surface area contributed by atoms with Crippen LogP contribution in [0.5, 0.6) is 0 Å². The third-order valence-electron chi connectivity index (χ3n) is 2.48. The Morgan fingerprint density at radius 3 is 2.72 bits per heavy atom. The van der Waals surface area contributed by atoms with Crippen LogP contribution in [0.25, 0.3) is 0 Å². The smallest absolute Gasteiger partial charge is 0.392 e. The van der Waals surface area contributed by atoms with Crippen molar-refractivity contribution in [1.82, 2.24) is 10.2 Å². The molecule has 5 nitrogen and oxygen atoms in total. The molecule has 0 saturated carbocycles. The Morgan fingerprint density at radius 2 is 2.11 bits per heavy atom. The van der Waals surface area contributed by atoms with E-state index in [-0.39, 0.29) is 18.1 Å². The molecule has 0 atom stereocenters. The van der Waals surface area contributed by atoms with Gasteiger partial charge in [-0.1, -0.05) is 12.1 Å². The Hall–Kier alpha value is -2.24. The molecule has 0 spiro atoms. The van der Waals surface area contributed by atoms with Crippen molar-refractivity contribution >= 4 is 5.71 Å². The van der Waals surface area contributed by atoms with Crippen molar-refractivity contribution in [2.45, 2.75) is 19.3 Å². The molecule has 2 aromatic rings. The first kappa shape index (κ1) is 12.2. The Balaban J connectivity index is 1.85. The molecular formula is C12H12FN3O2. The molecule has 1 aromatic heterocycles. The number of H-pyrrole nitrogens is 1. The fraction of sp³-hybridized carbons (Fsp3) is 0.250. The van der Waals surface area contributed by atoms with Gasteiger partial charge < -0.3 is 9.83 Å². The maximum absolute atomic E-state index is 12.7. The molecule has 1 aromatic carbocycles. The number of benzene rings is 1. The number of halogens is 1. The highest BCUT2D eigenvalue weighted by Crippen LogP contribution is 2.07. The largest absolute Gasteiger partial charge is 0.434 e. The van der Waals surface area contributed by atoms with E-state index in [1.165, 1.54) is 12.1 Å². The Kier molecular flexibility index (Phi) is 3.66. The lowest BCUT2D eigenvalue weighted by Crippen LogP contribution is -2.04. The van der Waals surface area contributed by atoms with Gasteiger partial charge in [-0.2, -0.15) is 0 Å². The van der Waals surface area contributed by atoms with Crippen molar-refractivity contribution in [2.24, 2.45) is 0 Å². The molecule has 2 rings (SSSR count). The summed E-state index contributed by atoms with van der Waals surface area (Å²) in [6.07, 6.45) is 1.37. The number of hydrogen-bond donors (Lipinski definition) is 2. The van der Waals surface area contributed by atoms with Crippen LogP contribution in [0, 0.1) is 11.2 Å². The quantitative estimate of drug-likeness (QED) is 0.791. The molecule has 0 fully saturated rings. The van der Waals surface area contributed by atoms with Crippen LogP contribution in [0.1, 0.15) is 17.9 Å². The molecule has 0 aliphatic rings. The second kappa shape index (κ2) is 5.39. The number of rotatable bonds is 5. The molecule has 0 unspecified atom stereocenters. The fourth-order valence-corrected chi connectivity index (χ4v) is 1.55. The predicted molar refractivity (Wildman–Crippen MR) is 63.3 cm³/mol. The van der Waals surface area contributed by atoms with E-state index in [0.29, 0.717) is 18.6 Å². The van der Waals surface area contributed by atoms with Gasteiger partial charge in [0.15, 0.2) is 0 Å². The van der Waals surface area contributed by atoms with Crippen LogP contribution in [-0.2, 0) is 12.8 Å². The van der Waals surface area contributed by atoms with Crippen LogP contribution >= 0.6 is 0 Å². The highest BCUT2D eigenvalue weighted by atomic mass is 19.1. The van der Waals surface area contributed by atoms with Crippen LogP contribution in [-0.4, -0.2) is 15.9 Å². The molecular weight excluding hydrogens is 237 g/mol. The number of aromatic nitrogens is 2. The lowest BCUT2D eigenvalue weighted by atomic mass is 10.1. The number of aryl methyl sites for hydroxylation is 1. The lowest BCUT2D eigenvalue weighted by Gasteiger charge is -2.02. The summed E-state index contributed by atoms with van der Waals surface area (Å²) in [6, 6.07) is 6.17. The summed E-state index contributed by atoms with van der Waals surface area (Å²) in [5.41, 5.74) is 1.37. The molecule has 94 valence electrons.